The topological polar surface area (TPSA) is 67.2 Å². The Bertz CT molecular complexity index is 931. The van der Waals surface area contributed by atoms with Crippen LogP contribution in [0.4, 0.5) is 5.69 Å². The van der Waals surface area contributed by atoms with Crippen LogP contribution in [0.5, 0.6) is 0 Å². The maximum Gasteiger partial charge on any atom is 0.255 e. The third-order valence-corrected chi connectivity index (χ3v) is 5.39. The van der Waals surface area contributed by atoms with Gasteiger partial charge in [-0.15, -0.1) is 0 Å². The SMILES string of the molecule is Cc1nn(C)c(Cl)c1/C=C/C(=O)Nc1cc(Cl)ccc1C(=O)N1CCCCC1. The molecule has 3 rings (SSSR count). The molecule has 2 heterocycles. The lowest BCUT2D eigenvalue weighted by Gasteiger charge is -2.27. The largest absolute Gasteiger partial charge is 0.339 e. The van der Waals surface area contributed by atoms with Gasteiger partial charge >= 0.3 is 0 Å². The number of aromatic nitrogens is 2. The first-order chi connectivity index (χ1) is 13.4. The number of likely N-dealkylation sites (tertiary alicyclic amines) is 1. The Kier molecular flexibility index (Phi) is 6.42. The molecule has 0 aliphatic carbocycles. The summed E-state index contributed by atoms with van der Waals surface area (Å²) in [4.78, 5) is 27.1. The third-order valence-electron chi connectivity index (χ3n) is 4.71. The first-order valence-corrected chi connectivity index (χ1v) is 9.89. The van der Waals surface area contributed by atoms with Gasteiger partial charge in [0.1, 0.15) is 5.15 Å². The Morgan fingerprint density at radius 2 is 1.89 bits per heavy atom. The molecule has 2 amide bonds. The zero-order valence-electron chi connectivity index (χ0n) is 15.8. The molecule has 1 aromatic heterocycles. The number of carbonyl (C=O) groups excluding carboxylic acids is 2. The standard InChI is InChI=1S/C20H22Cl2N4O2/c1-13-15(19(22)25(2)24-13)8-9-18(27)23-17-12-14(21)6-7-16(17)20(28)26-10-4-3-5-11-26/h6-9,12H,3-5,10-11H2,1-2H3,(H,23,27)/b9-8+. The van der Waals surface area contributed by atoms with Crippen molar-refractivity contribution < 1.29 is 9.59 Å². The van der Waals surface area contributed by atoms with E-state index < -0.39 is 0 Å². The van der Waals surface area contributed by atoms with E-state index in [1.54, 1.807) is 36.0 Å². The average Bonchev–Trinajstić information content (AvgIpc) is 2.92. The summed E-state index contributed by atoms with van der Waals surface area (Å²) in [6, 6.07) is 4.90. The number of benzene rings is 1. The molecule has 1 aliphatic heterocycles. The normalized spacial score (nSPS) is 14.5. The smallest absolute Gasteiger partial charge is 0.255 e. The average molecular weight is 421 g/mol. The van der Waals surface area contributed by atoms with Crippen LogP contribution in [0.25, 0.3) is 6.08 Å². The van der Waals surface area contributed by atoms with E-state index in [0.717, 1.165) is 38.0 Å². The number of amides is 2. The molecule has 1 aromatic carbocycles. The number of nitrogens with zero attached hydrogens (tertiary/aromatic N) is 3. The zero-order chi connectivity index (χ0) is 20.3. The summed E-state index contributed by atoms with van der Waals surface area (Å²) in [5.74, 6) is -0.476. The van der Waals surface area contributed by atoms with E-state index >= 15 is 0 Å². The van der Waals surface area contributed by atoms with Gasteiger partial charge in [0.25, 0.3) is 5.91 Å². The maximum atomic E-state index is 12.9. The fourth-order valence-electron chi connectivity index (χ4n) is 3.24. The van der Waals surface area contributed by atoms with Crippen LogP contribution in [0.2, 0.25) is 10.2 Å². The minimum Gasteiger partial charge on any atom is -0.339 e. The van der Waals surface area contributed by atoms with Crippen LogP contribution in [0.1, 0.15) is 40.9 Å². The van der Waals surface area contributed by atoms with Crippen molar-refractivity contribution in [2.45, 2.75) is 26.2 Å². The van der Waals surface area contributed by atoms with Crippen molar-refractivity contribution in [2.75, 3.05) is 18.4 Å². The van der Waals surface area contributed by atoms with Gasteiger partial charge in [0, 0.05) is 36.8 Å². The first kappa shape index (κ1) is 20.4. The van der Waals surface area contributed by atoms with Gasteiger partial charge in [-0.3, -0.25) is 14.3 Å². The van der Waals surface area contributed by atoms with Gasteiger partial charge < -0.3 is 10.2 Å². The number of carbonyl (C=O) groups is 2. The van der Waals surface area contributed by atoms with Crippen molar-refractivity contribution in [3.05, 3.63) is 51.3 Å². The van der Waals surface area contributed by atoms with Gasteiger partial charge in [0.2, 0.25) is 5.91 Å². The van der Waals surface area contributed by atoms with Crippen LogP contribution in [0.15, 0.2) is 24.3 Å². The van der Waals surface area contributed by atoms with Gasteiger partial charge in [-0.05, 0) is 50.5 Å². The number of anilines is 1. The lowest BCUT2D eigenvalue weighted by Crippen LogP contribution is -2.36. The van der Waals surface area contributed by atoms with Crippen LogP contribution in [-0.4, -0.2) is 39.6 Å². The van der Waals surface area contributed by atoms with Crippen LogP contribution in [0.3, 0.4) is 0 Å². The monoisotopic (exact) mass is 420 g/mol. The van der Waals surface area contributed by atoms with Gasteiger partial charge in [-0.1, -0.05) is 23.2 Å². The molecule has 0 spiro atoms. The second-order valence-corrected chi connectivity index (χ2v) is 7.57. The van der Waals surface area contributed by atoms with Crippen LogP contribution in [-0.2, 0) is 11.8 Å². The second-order valence-electron chi connectivity index (χ2n) is 6.78. The molecule has 148 valence electrons. The Hall–Kier alpha value is -2.31. The molecule has 0 bridgehead atoms. The molecule has 1 aliphatic rings. The van der Waals surface area contributed by atoms with Crippen molar-refractivity contribution in [3.8, 4) is 0 Å². The van der Waals surface area contributed by atoms with Crippen LogP contribution < -0.4 is 5.32 Å². The predicted octanol–water partition coefficient (Wildman–Crippen LogP) is 4.31. The first-order valence-electron chi connectivity index (χ1n) is 9.14. The Labute approximate surface area is 174 Å². The molecule has 6 nitrogen and oxygen atoms in total. The summed E-state index contributed by atoms with van der Waals surface area (Å²) in [6.45, 7) is 3.27. The highest BCUT2D eigenvalue weighted by atomic mass is 35.5. The molecule has 8 heteroatoms. The quantitative estimate of drug-likeness (QED) is 0.748. The number of aryl methyl sites for hydroxylation is 2. The minimum absolute atomic E-state index is 0.0956. The van der Waals surface area contributed by atoms with E-state index in [-0.39, 0.29) is 11.8 Å². The second kappa shape index (κ2) is 8.80. The number of nitrogens with one attached hydrogen (secondary N) is 1. The fraction of sp³-hybridized carbons (Fsp3) is 0.350. The Balaban J connectivity index is 1.79. The summed E-state index contributed by atoms with van der Waals surface area (Å²) in [6.07, 6.45) is 6.10. The van der Waals surface area contributed by atoms with Crippen molar-refractivity contribution in [2.24, 2.45) is 7.05 Å². The van der Waals surface area contributed by atoms with Crippen molar-refractivity contribution in [3.63, 3.8) is 0 Å². The summed E-state index contributed by atoms with van der Waals surface area (Å²) < 4.78 is 1.54. The molecule has 0 radical (unpaired) electrons. The zero-order valence-corrected chi connectivity index (χ0v) is 17.3. The van der Waals surface area contributed by atoms with Gasteiger partial charge in [-0.2, -0.15) is 5.10 Å². The van der Waals surface area contributed by atoms with Gasteiger partial charge in [0.15, 0.2) is 0 Å². The lowest BCUT2D eigenvalue weighted by atomic mass is 10.1. The molecule has 1 saturated heterocycles. The van der Waals surface area contributed by atoms with E-state index in [1.165, 1.54) is 6.08 Å². The molecule has 1 N–H and O–H groups in total. The van der Waals surface area contributed by atoms with Crippen molar-refractivity contribution >= 4 is 46.8 Å². The molecular formula is C20H22Cl2N4O2. The lowest BCUT2D eigenvalue weighted by molar-refractivity contribution is -0.111. The molecule has 2 aromatic rings. The minimum atomic E-state index is -0.380. The van der Waals surface area contributed by atoms with Gasteiger partial charge in [-0.25, -0.2) is 0 Å². The van der Waals surface area contributed by atoms with E-state index in [2.05, 4.69) is 10.4 Å². The Morgan fingerprint density at radius 3 is 2.54 bits per heavy atom. The molecular weight excluding hydrogens is 399 g/mol. The number of hydrogen-bond acceptors (Lipinski definition) is 3. The summed E-state index contributed by atoms with van der Waals surface area (Å²) in [5, 5.41) is 7.86. The van der Waals surface area contributed by atoms with E-state index in [1.807, 2.05) is 11.8 Å². The van der Waals surface area contributed by atoms with E-state index in [9.17, 15) is 9.59 Å². The fourth-order valence-corrected chi connectivity index (χ4v) is 3.65. The highest BCUT2D eigenvalue weighted by molar-refractivity contribution is 6.31. The predicted molar refractivity (Wildman–Crippen MR) is 112 cm³/mol. The Morgan fingerprint density at radius 1 is 1.18 bits per heavy atom. The number of piperidine rings is 1. The van der Waals surface area contributed by atoms with Gasteiger partial charge in [0.05, 0.1) is 16.9 Å². The van der Waals surface area contributed by atoms with Crippen LogP contribution >= 0.6 is 23.2 Å². The van der Waals surface area contributed by atoms with Crippen LogP contribution in [0, 0.1) is 6.92 Å². The molecule has 0 unspecified atom stereocenters. The molecule has 0 saturated carbocycles. The number of halogens is 2. The molecule has 28 heavy (non-hydrogen) atoms. The third kappa shape index (κ3) is 4.56. The molecule has 0 atom stereocenters. The van der Waals surface area contributed by atoms with Crippen molar-refractivity contribution in [1.82, 2.24) is 14.7 Å². The highest BCUT2D eigenvalue weighted by Crippen LogP contribution is 2.25. The summed E-state index contributed by atoms with van der Waals surface area (Å²) in [7, 11) is 1.73. The summed E-state index contributed by atoms with van der Waals surface area (Å²) >= 11 is 12.3. The van der Waals surface area contributed by atoms with E-state index in [0.29, 0.717) is 27.0 Å². The molecule has 1 fully saturated rings. The highest BCUT2D eigenvalue weighted by Gasteiger charge is 2.21. The summed E-state index contributed by atoms with van der Waals surface area (Å²) in [5.41, 5.74) is 2.23. The maximum absolute atomic E-state index is 12.9. The number of rotatable bonds is 4. The number of hydrogen-bond donors (Lipinski definition) is 1. The van der Waals surface area contributed by atoms with Crippen molar-refractivity contribution in [1.29, 1.82) is 0 Å². The van der Waals surface area contributed by atoms with E-state index in [4.69, 9.17) is 23.2 Å².